The van der Waals surface area contributed by atoms with Crippen molar-refractivity contribution < 1.29 is 18.0 Å². The van der Waals surface area contributed by atoms with Crippen LogP contribution >= 0.6 is 27.7 Å². The number of rotatable bonds is 5. The first-order valence-electron chi connectivity index (χ1n) is 7.65. The maximum atomic E-state index is 13.7. The molecule has 1 unspecified atom stereocenters. The van der Waals surface area contributed by atoms with Crippen LogP contribution in [0.15, 0.2) is 46.0 Å². The third-order valence-electron chi connectivity index (χ3n) is 3.54. The van der Waals surface area contributed by atoms with Gasteiger partial charge in [0, 0.05) is 10.0 Å². The van der Waals surface area contributed by atoms with Gasteiger partial charge >= 0.3 is 0 Å². The van der Waals surface area contributed by atoms with Gasteiger partial charge in [-0.05, 0) is 25.1 Å². The normalized spacial score (nSPS) is 12.0. The molecule has 0 bridgehead atoms. The monoisotopic (exact) mass is 456 g/mol. The quantitative estimate of drug-likeness (QED) is 0.428. The van der Waals surface area contributed by atoms with Crippen molar-refractivity contribution in [1.29, 1.82) is 0 Å². The van der Waals surface area contributed by atoms with Crippen molar-refractivity contribution in [3.8, 4) is 11.4 Å². The molecule has 0 aliphatic heterocycles. The van der Waals surface area contributed by atoms with Gasteiger partial charge < -0.3 is 5.32 Å². The predicted octanol–water partition coefficient (Wildman–Crippen LogP) is 4.77. The summed E-state index contributed by atoms with van der Waals surface area (Å²) in [7, 11) is 0. The van der Waals surface area contributed by atoms with Gasteiger partial charge in [-0.2, -0.15) is 0 Å². The second kappa shape index (κ2) is 8.13. The van der Waals surface area contributed by atoms with Gasteiger partial charge in [0.15, 0.2) is 23.3 Å². The molecule has 3 rings (SSSR count). The van der Waals surface area contributed by atoms with Crippen LogP contribution in [0.2, 0.25) is 0 Å². The molecule has 0 aliphatic carbocycles. The van der Waals surface area contributed by atoms with Crippen molar-refractivity contribution in [3.05, 3.63) is 58.3 Å². The Morgan fingerprint density at radius 1 is 1.19 bits per heavy atom. The Kier molecular flexibility index (Phi) is 5.85. The standard InChI is InChI=1S/C17H12BrF3N4OS/c1-8(16(26)22-12-7-6-11(19)13(20)14(12)21)27-17-23-15(24-25-17)9-4-2-3-5-10(9)18/h2-8H,1H3,(H,22,26)(H,23,24,25). The van der Waals surface area contributed by atoms with E-state index < -0.39 is 34.3 Å². The Hall–Kier alpha value is -2.33. The molecule has 10 heteroatoms. The first-order valence-corrected chi connectivity index (χ1v) is 9.32. The number of aromatic amines is 1. The van der Waals surface area contributed by atoms with Gasteiger partial charge in [0.05, 0.1) is 10.9 Å². The van der Waals surface area contributed by atoms with Crippen molar-refractivity contribution in [2.24, 2.45) is 0 Å². The summed E-state index contributed by atoms with van der Waals surface area (Å²) < 4.78 is 40.7. The predicted molar refractivity (Wildman–Crippen MR) is 99.8 cm³/mol. The van der Waals surface area contributed by atoms with Crippen LogP contribution in [0.3, 0.4) is 0 Å². The van der Waals surface area contributed by atoms with E-state index >= 15 is 0 Å². The Balaban J connectivity index is 1.69. The van der Waals surface area contributed by atoms with E-state index in [1.165, 1.54) is 0 Å². The molecule has 0 spiro atoms. The third kappa shape index (κ3) is 4.33. The van der Waals surface area contributed by atoms with Gasteiger partial charge in [-0.15, -0.1) is 5.10 Å². The van der Waals surface area contributed by atoms with E-state index in [-0.39, 0.29) is 0 Å². The fraction of sp³-hybridized carbons (Fsp3) is 0.118. The van der Waals surface area contributed by atoms with E-state index in [2.05, 4.69) is 36.4 Å². The summed E-state index contributed by atoms with van der Waals surface area (Å²) >= 11 is 4.45. The number of aromatic nitrogens is 3. The first-order chi connectivity index (χ1) is 12.9. The lowest BCUT2D eigenvalue weighted by molar-refractivity contribution is -0.115. The smallest absolute Gasteiger partial charge is 0.237 e. The number of hydrogen-bond donors (Lipinski definition) is 2. The van der Waals surface area contributed by atoms with E-state index in [9.17, 15) is 18.0 Å². The topological polar surface area (TPSA) is 70.7 Å². The minimum atomic E-state index is -1.64. The van der Waals surface area contributed by atoms with Crippen LogP contribution in [0.4, 0.5) is 18.9 Å². The van der Waals surface area contributed by atoms with Gasteiger partial charge in [0.2, 0.25) is 11.1 Å². The number of amides is 1. The minimum Gasteiger partial charge on any atom is -0.323 e. The molecule has 140 valence electrons. The molecule has 0 saturated carbocycles. The van der Waals surface area contributed by atoms with Crippen LogP contribution in [0, 0.1) is 17.5 Å². The second-order valence-electron chi connectivity index (χ2n) is 5.42. The summed E-state index contributed by atoms with van der Waals surface area (Å²) in [6.07, 6.45) is 0. The molecular weight excluding hydrogens is 445 g/mol. The van der Waals surface area contributed by atoms with Crippen LogP contribution in [0.5, 0.6) is 0 Å². The average molecular weight is 457 g/mol. The van der Waals surface area contributed by atoms with Crippen molar-refractivity contribution in [2.75, 3.05) is 5.32 Å². The van der Waals surface area contributed by atoms with Crippen LogP contribution in [0.25, 0.3) is 11.4 Å². The van der Waals surface area contributed by atoms with Gasteiger partial charge in [-0.3, -0.25) is 9.89 Å². The number of anilines is 1. The van der Waals surface area contributed by atoms with Crippen LogP contribution in [-0.2, 0) is 4.79 Å². The molecule has 2 aromatic carbocycles. The number of carbonyl (C=O) groups excluding carboxylic acids is 1. The molecule has 1 aromatic heterocycles. The number of thioether (sulfide) groups is 1. The summed E-state index contributed by atoms with van der Waals surface area (Å²) in [5.41, 5.74) is 0.369. The van der Waals surface area contributed by atoms with Gasteiger partial charge in [-0.25, -0.2) is 18.2 Å². The van der Waals surface area contributed by atoms with Gasteiger partial charge in [-0.1, -0.05) is 45.9 Å². The molecule has 0 fully saturated rings. The summed E-state index contributed by atoms with van der Waals surface area (Å²) in [6.45, 7) is 1.56. The zero-order valence-electron chi connectivity index (χ0n) is 13.8. The molecule has 1 amide bonds. The number of carbonyl (C=O) groups is 1. The van der Waals surface area contributed by atoms with E-state index in [0.717, 1.165) is 33.9 Å². The molecule has 2 N–H and O–H groups in total. The number of halogens is 4. The molecule has 3 aromatic rings. The molecule has 5 nitrogen and oxygen atoms in total. The van der Waals surface area contributed by atoms with Crippen LogP contribution < -0.4 is 5.32 Å². The molecule has 0 aliphatic rings. The van der Waals surface area contributed by atoms with E-state index in [1.807, 2.05) is 24.3 Å². The van der Waals surface area contributed by atoms with Gasteiger partial charge in [0.25, 0.3) is 0 Å². The maximum absolute atomic E-state index is 13.7. The number of H-pyrrole nitrogens is 1. The Bertz CT molecular complexity index is 998. The lowest BCUT2D eigenvalue weighted by atomic mass is 10.2. The molecule has 0 saturated heterocycles. The molecular formula is C17H12BrF3N4OS. The van der Waals surface area contributed by atoms with E-state index in [1.54, 1.807) is 6.92 Å². The van der Waals surface area contributed by atoms with Crippen LogP contribution in [0.1, 0.15) is 6.92 Å². The summed E-state index contributed by atoms with van der Waals surface area (Å²) in [5, 5.41) is 8.67. The van der Waals surface area contributed by atoms with E-state index in [4.69, 9.17) is 0 Å². The lowest BCUT2D eigenvalue weighted by Crippen LogP contribution is -2.23. The maximum Gasteiger partial charge on any atom is 0.237 e. The number of hydrogen-bond acceptors (Lipinski definition) is 4. The average Bonchev–Trinajstić information content (AvgIpc) is 3.10. The fourth-order valence-electron chi connectivity index (χ4n) is 2.14. The number of nitrogens with one attached hydrogen (secondary N) is 2. The van der Waals surface area contributed by atoms with Crippen LogP contribution in [-0.4, -0.2) is 26.3 Å². The zero-order chi connectivity index (χ0) is 19.6. The molecule has 0 radical (unpaired) electrons. The Morgan fingerprint density at radius 3 is 2.67 bits per heavy atom. The lowest BCUT2D eigenvalue weighted by Gasteiger charge is -2.11. The molecule has 1 heterocycles. The summed E-state index contributed by atoms with van der Waals surface area (Å²) in [6, 6.07) is 9.12. The fourth-order valence-corrected chi connectivity index (χ4v) is 3.34. The Labute approximate surface area is 164 Å². The molecule has 27 heavy (non-hydrogen) atoms. The van der Waals surface area contributed by atoms with Crippen molar-refractivity contribution >= 4 is 39.3 Å². The highest BCUT2D eigenvalue weighted by Gasteiger charge is 2.21. The first kappa shape index (κ1) is 19.4. The minimum absolute atomic E-state index is 0.314. The third-order valence-corrected chi connectivity index (χ3v) is 5.19. The highest BCUT2D eigenvalue weighted by molar-refractivity contribution is 9.10. The summed E-state index contributed by atoms with van der Waals surface area (Å²) in [5.74, 6) is -4.50. The number of nitrogens with zero attached hydrogens (tertiary/aromatic N) is 2. The van der Waals surface area contributed by atoms with Crippen molar-refractivity contribution in [3.63, 3.8) is 0 Å². The van der Waals surface area contributed by atoms with E-state index in [0.29, 0.717) is 11.0 Å². The Morgan fingerprint density at radius 2 is 1.93 bits per heavy atom. The van der Waals surface area contributed by atoms with Crippen molar-refractivity contribution in [2.45, 2.75) is 17.3 Å². The zero-order valence-corrected chi connectivity index (χ0v) is 16.2. The SMILES string of the molecule is CC(Sc1n[nH]c(-c2ccccc2Br)n1)C(=O)Nc1ccc(F)c(F)c1F. The summed E-state index contributed by atoms with van der Waals surface area (Å²) in [4.78, 5) is 16.5. The van der Waals surface area contributed by atoms with Crippen molar-refractivity contribution in [1.82, 2.24) is 15.2 Å². The highest BCUT2D eigenvalue weighted by Crippen LogP contribution is 2.28. The molecule has 1 atom stereocenters. The largest absolute Gasteiger partial charge is 0.323 e. The number of benzene rings is 2. The highest BCUT2D eigenvalue weighted by atomic mass is 79.9. The second-order valence-corrected chi connectivity index (χ2v) is 7.58. The van der Waals surface area contributed by atoms with Gasteiger partial charge in [0.1, 0.15) is 0 Å².